The van der Waals surface area contributed by atoms with Gasteiger partial charge < -0.3 is 79.5 Å². The standard InChI is InChI=1S/C48H78O17/c1-9-37-28(4)45(64-41-23-34(50)27(3)30(6)60-41)26(2)18-16-14-12-10-11-13-15-17-19-33(62-46-43(56)29(5)42(55)31(7)61-46)21-39-47(8,58)38(53)25-48(59,65-39)24-32(49)20-35(51)44(57)36(52)22-40(54)63-37/h10-19,26-39,41-46,49-53,55-59H,9,20-25H2,1-8H3/b11-10+,14-12+,15-13+,18-16+,19-17+/t26?,27-,28?,29-,30-,31+,32-,33?,34+,35+,36?,37?,38-,39?,41-,42-,43-,44-,45?,46-,47-,48+/m0/s1. The molecule has 4 aliphatic heterocycles. The Labute approximate surface area is 383 Å². The molecule has 0 spiro atoms. The summed E-state index contributed by atoms with van der Waals surface area (Å²) < 4.78 is 36.5. The summed E-state index contributed by atoms with van der Waals surface area (Å²) in [6.45, 7) is 14.1. The van der Waals surface area contributed by atoms with E-state index in [1.54, 1.807) is 50.3 Å². The normalized spacial score (nSPS) is 49.6. The average Bonchev–Trinajstić information content (AvgIpc) is 3.23. The van der Waals surface area contributed by atoms with Gasteiger partial charge in [0.25, 0.3) is 0 Å². The molecule has 4 heterocycles. The van der Waals surface area contributed by atoms with Crippen molar-refractivity contribution in [1.82, 2.24) is 0 Å². The third-order valence-corrected chi connectivity index (χ3v) is 13.7. The third-order valence-electron chi connectivity index (χ3n) is 13.7. The minimum absolute atomic E-state index is 0.0922. The summed E-state index contributed by atoms with van der Waals surface area (Å²) in [7, 11) is 0. The number of carbonyl (C=O) groups excluding carboxylic acids is 1. The quantitative estimate of drug-likeness (QED) is 0.177. The first-order valence-corrected chi connectivity index (χ1v) is 23.2. The Balaban J connectivity index is 1.64. The molecule has 4 aliphatic rings. The van der Waals surface area contributed by atoms with Crippen molar-refractivity contribution in [2.45, 2.75) is 210 Å². The van der Waals surface area contributed by atoms with Gasteiger partial charge in [0.2, 0.25) is 0 Å². The van der Waals surface area contributed by atoms with Crippen molar-refractivity contribution in [3.63, 3.8) is 0 Å². The molecule has 0 amide bonds. The van der Waals surface area contributed by atoms with Crippen molar-refractivity contribution in [3.05, 3.63) is 60.8 Å². The van der Waals surface area contributed by atoms with Crippen LogP contribution in [0.4, 0.5) is 0 Å². The number of rotatable bonds is 5. The lowest BCUT2D eigenvalue weighted by Gasteiger charge is -2.49. The van der Waals surface area contributed by atoms with Gasteiger partial charge in [0.1, 0.15) is 23.9 Å². The number of fused-ring (bicyclic) bond motifs is 2. The lowest BCUT2D eigenvalue weighted by atomic mass is 9.80. The number of aliphatic hydroxyl groups is 10. The van der Waals surface area contributed by atoms with Gasteiger partial charge in [0, 0.05) is 55.8 Å². The Bertz CT molecular complexity index is 1600. The van der Waals surface area contributed by atoms with Crippen LogP contribution in [-0.2, 0) is 33.2 Å². The lowest BCUT2D eigenvalue weighted by molar-refractivity contribution is -0.340. The van der Waals surface area contributed by atoms with Gasteiger partial charge in [-0.2, -0.15) is 0 Å². The van der Waals surface area contributed by atoms with Crippen LogP contribution in [0.3, 0.4) is 0 Å². The second-order valence-electron chi connectivity index (χ2n) is 19.0. The van der Waals surface area contributed by atoms with E-state index in [4.69, 9.17) is 28.4 Å². The molecule has 0 aromatic carbocycles. The highest BCUT2D eigenvalue weighted by Crippen LogP contribution is 2.40. The Morgan fingerprint density at radius 1 is 0.662 bits per heavy atom. The molecule has 0 aromatic rings. The largest absolute Gasteiger partial charge is 0.462 e. The van der Waals surface area contributed by atoms with Gasteiger partial charge in [-0.05, 0) is 27.2 Å². The van der Waals surface area contributed by atoms with Gasteiger partial charge in [0.15, 0.2) is 18.4 Å². The number of cyclic esters (lactones) is 1. The molecule has 7 unspecified atom stereocenters. The SMILES string of the molecule is CCC1OC(=O)CC(O)[C@@H](O)[C@H](O)C[C@H](O)C[C@]2(O)C[C@H](O)[C@](C)(O)C(CC(O[C@@H]3O[C@H](C)[C@@H](O)[C@H](C)[C@@H]3O)/C=C/C=C/C=C/C=C/C=C/C(C)C(O[C@H]3C[C@@H](O)[C@@H](C)[C@H](C)O3)C1C)O2. The summed E-state index contributed by atoms with van der Waals surface area (Å²) in [5.41, 5.74) is -1.95. The maximum Gasteiger partial charge on any atom is 0.308 e. The fourth-order valence-electron chi connectivity index (χ4n) is 8.96. The van der Waals surface area contributed by atoms with E-state index in [2.05, 4.69) is 0 Å². The van der Waals surface area contributed by atoms with Crippen LogP contribution in [0.15, 0.2) is 60.8 Å². The maximum atomic E-state index is 13.3. The number of hydrogen-bond acceptors (Lipinski definition) is 17. The zero-order valence-corrected chi connectivity index (χ0v) is 39.1. The number of esters is 1. The van der Waals surface area contributed by atoms with Crippen molar-refractivity contribution < 1.29 is 84.3 Å². The highest BCUT2D eigenvalue weighted by atomic mass is 16.7. The first kappa shape index (κ1) is 55.2. The van der Waals surface area contributed by atoms with Crippen molar-refractivity contribution >= 4 is 5.97 Å². The molecule has 10 N–H and O–H groups in total. The van der Waals surface area contributed by atoms with Gasteiger partial charge >= 0.3 is 5.97 Å². The number of allylic oxidation sites excluding steroid dienone is 8. The van der Waals surface area contributed by atoms with E-state index >= 15 is 0 Å². The Morgan fingerprint density at radius 3 is 1.89 bits per heavy atom. The molecule has 0 aliphatic carbocycles. The van der Waals surface area contributed by atoms with Crippen molar-refractivity contribution in [1.29, 1.82) is 0 Å². The molecule has 0 saturated carbocycles. The minimum atomic E-state index is -2.26. The van der Waals surface area contributed by atoms with Gasteiger partial charge in [-0.3, -0.25) is 4.79 Å². The summed E-state index contributed by atoms with van der Waals surface area (Å²) >= 11 is 0. The molecule has 3 saturated heterocycles. The van der Waals surface area contributed by atoms with Crippen LogP contribution in [0.5, 0.6) is 0 Å². The minimum Gasteiger partial charge on any atom is -0.462 e. The highest BCUT2D eigenvalue weighted by molar-refractivity contribution is 5.70. The molecule has 22 atom stereocenters. The zero-order valence-electron chi connectivity index (χ0n) is 39.1. The van der Waals surface area contributed by atoms with E-state index in [1.165, 1.54) is 6.92 Å². The van der Waals surface area contributed by atoms with Gasteiger partial charge in [-0.25, -0.2) is 0 Å². The smallest absolute Gasteiger partial charge is 0.308 e. The molecule has 0 radical (unpaired) electrons. The molecule has 2 bridgehead atoms. The van der Waals surface area contributed by atoms with Crippen LogP contribution < -0.4 is 0 Å². The Hall–Kier alpha value is -2.43. The molecule has 17 nitrogen and oxygen atoms in total. The van der Waals surface area contributed by atoms with Crippen LogP contribution in [0.25, 0.3) is 0 Å². The first-order valence-electron chi connectivity index (χ1n) is 23.2. The second kappa shape index (κ2) is 24.7. The van der Waals surface area contributed by atoms with Crippen LogP contribution in [-0.4, -0.2) is 166 Å². The second-order valence-corrected chi connectivity index (χ2v) is 19.0. The molecule has 65 heavy (non-hydrogen) atoms. The van der Waals surface area contributed by atoms with Crippen LogP contribution in [0.1, 0.15) is 100 Å². The predicted molar refractivity (Wildman–Crippen MR) is 237 cm³/mol. The molecular weight excluding hydrogens is 849 g/mol. The van der Waals surface area contributed by atoms with E-state index < -0.39 is 147 Å². The maximum absolute atomic E-state index is 13.3. The van der Waals surface area contributed by atoms with Crippen molar-refractivity contribution in [2.75, 3.05) is 0 Å². The molecule has 17 heteroatoms. The average molecular weight is 927 g/mol. The first-order chi connectivity index (χ1) is 30.5. The summed E-state index contributed by atoms with van der Waals surface area (Å²) in [4.78, 5) is 13.3. The van der Waals surface area contributed by atoms with Gasteiger partial charge in [-0.1, -0.05) is 95.4 Å². The number of hydrogen-bond donors (Lipinski definition) is 10. The lowest BCUT2D eigenvalue weighted by Crippen LogP contribution is -2.63. The summed E-state index contributed by atoms with van der Waals surface area (Å²) in [6, 6.07) is 0. The van der Waals surface area contributed by atoms with E-state index in [1.807, 2.05) is 58.9 Å². The summed E-state index contributed by atoms with van der Waals surface area (Å²) in [5.74, 6) is -4.48. The monoisotopic (exact) mass is 927 g/mol. The number of carbonyl (C=O) groups is 1. The fourth-order valence-corrected chi connectivity index (χ4v) is 8.96. The Morgan fingerprint density at radius 2 is 1.28 bits per heavy atom. The van der Waals surface area contributed by atoms with Gasteiger partial charge in [-0.15, -0.1) is 0 Å². The van der Waals surface area contributed by atoms with Gasteiger partial charge in [0.05, 0.1) is 73.6 Å². The fraction of sp³-hybridized carbons (Fsp3) is 0.771. The van der Waals surface area contributed by atoms with Crippen LogP contribution >= 0.6 is 0 Å². The number of aliphatic hydroxyl groups excluding tert-OH is 8. The van der Waals surface area contributed by atoms with E-state index in [-0.39, 0.29) is 30.8 Å². The number of ether oxygens (including phenoxy) is 6. The summed E-state index contributed by atoms with van der Waals surface area (Å²) in [6.07, 6.45) is -2.19. The molecular formula is C48H78O17. The molecule has 3 fully saturated rings. The highest BCUT2D eigenvalue weighted by Gasteiger charge is 2.54. The van der Waals surface area contributed by atoms with E-state index in [0.717, 1.165) is 0 Å². The Kier molecular flexibility index (Phi) is 21.0. The van der Waals surface area contributed by atoms with E-state index in [9.17, 15) is 55.9 Å². The topological polar surface area (TPSA) is 275 Å². The molecule has 4 rings (SSSR count). The van der Waals surface area contributed by atoms with Crippen molar-refractivity contribution in [2.24, 2.45) is 23.7 Å². The van der Waals surface area contributed by atoms with E-state index in [0.29, 0.717) is 6.42 Å². The molecule has 0 aromatic heterocycles. The predicted octanol–water partition coefficient (Wildman–Crippen LogP) is 1.97. The summed E-state index contributed by atoms with van der Waals surface area (Å²) in [5, 5.41) is 110. The molecule has 372 valence electrons. The third kappa shape index (κ3) is 15.3. The van der Waals surface area contributed by atoms with Crippen LogP contribution in [0, 0.1) is 23.7 Å². The zero-order chi connectivity index (χ0) is 48.4. The van der Waals surface area contributed by atoms with Crippen molar-refractivity contribution in [3.8, 4) is 0 Å². The van der Waals surface area contributed by atoms with Crippen LogP contribution in [0.2, 0.25) is 0 Å².